The van der Waals surface area contributed by atoms with E-state index in [2.05, 4.69) is 140 Å². The highest BCUT2D eigenvalue weighted by molar-refractivity contribution is 9.11. The third kappa shape index (κ3) is 3.45. The van der Waals surface area contributed by atoms with Gasteiger partial charge in [0.25, 0.3) is 0 Å². The summed E-state index contributed by atoms with van der Waals surface area (Å²) in [5, 5.41) is 4.90. The van der Waals surface area contributed by atoms with Crippen molar-refractivity contribution in [3.8, 4) is 0 Å². The van der Waals surface area contributed by atoms with E-state index in [4.69, 9.17) is 0 Å². The molecule has 5 rings (SSSR count). The molecule has 0 aliphatic carbocycles. The molecule has 0 atom stereocenters. The molecule has 5 aromatic rings. The Bertz CT molecular complexity index is 1230. The Morgan fingerprint density at radius 3 is 1.45 bits per heavy atom. The van der Waals surface area contributed by atoms with Gasteiger partial charge < -0.3 is 4.90 Å². The summed E-state index contributed by atoms with van der Waals surface area (Å²) in [6.07, 6.45) is 0. The van der Waals surface area contributed by atoms with Crippen molar-refractivity contribution >= 4 is 70.5 Å². The fraction of sp³-hybridized carbons (Fsp3) is 0. The van der Waals surface area contributed by atoms with Gasteiger partial charge in [0.15, 0.2) is 0 Å². The first-order chi connectivity index (χ1) is 14.2. The number of nitrogens with zero attached hydrogens (tertiary/aromatic N) is 1. The summed E-state index contributed by atoms with van der Waals surface area (Å²) < 4.78 is 2.07. The number of anilines is 3. The van der Waals surface area contributed by atoms with E-state index < -0.39 is 0 Å². The van der Waals surface area contributed by atoms with Gasteiger partial charge >= 0.3 is 0 Å². The van der Waals surface area contributed by atoms with E-state index in [0.717, 1.165) is 26.0 Å². The summed E-state index contributed by atoms with van der Waals surface area (Å²) >= 11 is 7.34. The maximum absolute atomic E-state index is 3.67. The fourth-order valence-corrected chi connectivity index (χ4v) is 5.15. The number of hydrogen-bond acceptors (Lipinski definition) is 1. The average molecular weight is 503 g/mol. The lowest BCUT2D eigenvalue weighted by molar-refractivity contribution is 1.30. The third-order valence-electron chi connectivity index (χ3n) is 5.12. The highest BCUT2D eigenvalue weighted by Gasteiger charge is 2.18. The molecule has 140 valence electrons. The Balaban J connectivity index is 1.87. The van der Waals surface area contributed by atoms with Crippen molar-refractivity contribution < 1.29 is 0 Å². The van der Waals surface area contributed by atoms with Crippen LogP contribution in [0.25, 0.3) is 21.5 Å². The topological polar surface area (TPSA) is 3.24 Å². The van der Waals surface area contributed by atoms with Crippen LogP contribution in [-0.2, 0) is 0 Å². The third-order valence-corrected chi connectivity index (χ3v) is 6.04. The fourth-order valence-electron chi connectivity index (χ4n) is 3.88. The predicted molar refractivity (Wildman–Crippen MR) is 132 cm³/mol. The highest BCUT2D eigenvalue weighted by atomic mass is 79.9. The summed E-state index contributed by atoms with van der Waals surface area (Å²) in [5.74, 6) is 0. The SMILES string of the molecule is Brc1cc(Br)cc(N(c2cccc3ccccc23)c2cccc3ccccc23)c1. The van der Waals surface area contributed by atoms with Gasteiger partial charge in [-0.3, -0.25) is 0 Å². The lowest BCUT2D eigenvalue weighted by Crippen LogP contribution is -2.11. The summed E-state index contributed by atoms with van der Waals surface area (Å²) in [4.78, 5) is 2.35. The first-order valence-corrected chi connectivity index (χ1v) is 11.0. The van der Waals surface area contributed by atoms with Crippen LogP contribution in [0.2, 0.25) is 0 Å². The first kappa shape index (κ1) is 18.4. The molecule has 0 bridgehead atoms. The maximum atomic E-state index is 3.67. The van der Waals surface area contributed by atoms with Gasteiger partial charge in [-0.15, -0.1) is 0 Å². The van der Waals surface area contributed by atoms with E-state index in [-0.39, 0.29) is 0 Å². The van der Waals surface area contributed by atoms with Crippen LogP contribution in [0.5, 0.6) is 0 Å². The number of benzene rings is 5. The summed E-state index contributed by atoms with van der Waals surface area (Å²) in [6.45, 7) is 0. The van der Waals surface area contributed by atoms with Crippen LogP contribution in [-0.4, -0.2) is 0 Å². The van der Waals surface area contributed by atoms with Gasteiger partial charge in [-0.25, -0.2) is 0 Å². The van der Waals surface area contributed by atoms with Crippen molar-refractivity contribution in [2.24, 2.45) is 0 Å². The summed E-state index contributed by atoms with van der Waals surface area (Å²) in [5.41, 5.74) is 3.41. The van der Waals surface area contributed by atoms with Crippen LogP contribution >= 0.6 is 31.9 Å². The molecule has 0 radical (unpaired) electrons. The normalized spacial score (nSPS) is 11.1. The molecule has 29 heavy (non-hydrogen) atoms. The molecule has 0 N–H and O–H groups in total. The molecule has 0 aliphatic rings. The highest BCUT2D eigenvalue weighted by Crippen LogP contribution is 2.43. The van der Waals surface area contributed by atoms with Gasteiger partial charge in [0.05, 0.1) is 11.4 Å². The summed E-state index contributed by atoms with van der Waals surface area (Å²) in [6, 6.07) is 36.4. The van der Waals surface area contributed by atoms with E-state index in [0.29, 0.717) is 0 Å². The molecule has 1 nitrogen and oxygen atoms in total. The molecule has 0 aliphatic heterocycles. The van der Waals surface area contributed by atoms with Crippen LogP contribution in [0.4, 0.5) is 17.1 Å². The number of halogens is 2. The minimum atomic E-state index is 1.03. The van der Waals surface area contributed by atoms with Gasteiger partial charge in [-0.2, -0.15) is 0 Å². The van der Waals surface area contributed by atoms with Crippen LogP contribution in [0, 0.1) is 0 Å². The van der Waals surface area contributed by atoms with Crippen LogP contribution in [0.15, 0.2) is 112 Å². The lowest BCUT2D eigenvalue weighted by atomic mass is 10.0. The number of hydrogen-bond donors (Lipinski definition) is 0. The number of rotatable bonds is 3. The maximum Gasteiger partial charge on any atom is 0.0540 e. The van der Waals surface area contributed by atoms with E-state index in [1.165, 1.54) is 21.5 Å². The molecule has 0 saturated carbocycles. The largest absolute Gasteiger partial charge is 0.309 e. The molecule has 0 unspecified atom stereocenters. The molecule has 0 aromatic heterocycles. The molecule has 0 amide bonds. The number of fused-ring (bicyclic) bond motifs is 2. The zero-order valence-electron chi connectivity index (χ0n) is 15.5. The van der Waals surface area contributed by atoms with Gasteiger partial charge in [0, 0.05) is 25.4 Å². The van der Waals surface area contributed by atoms with Crippen LogP contribution in [0.1, 0.15) is 0 Å². The standard InChI is InChI=1S/C26H17Br2N/c27-20-15-21(28)17-22(16-20)29(25-13-5-9-18-7-1-3-11-23(18)25)26-14-6-10-19-8-2-4-12-24(19)26/h1-17H. The quantitative estimate of drug-likeness (QED) is 0.238. The van der Waals surface area contributed by atoms with Crippen LogP contribution in [0.3, 0.4) is 0 Å². The van der Waals surface area contributed by atoms with Gasteiger partial charge in [0.2, 0.25) is 0 Å². The Morgan fingerprint density at radius 1 is 0.483 bits per heavy atom. The van der Waals surface area contributed by atoms with Crippen molar-refractivity contribution in [1.29, 1.82) is 0 Å². The molecule has 0 spiro atoms. The van der Waals surface area contributed by atoms with E-state index in [9.17, 15) is 0 Å². The zero-order chi connectivity index (χ0) is 19.8. The molecular formula is C26H17Br2N. The second-order valence-electron chi connectivity index (χ2n) is 6.96. The smallest absolute Gasteiger partial charge is 0.0540 e. The van der Waals surface area contributed by atoms with Crippen molar-refractivity contribution in [1.82, 2.24) is 0 Å². The Kier molecular flexibility index (Phi) is 4.86. The van der Waals surface area contributed by atoms with E-state index in [1.54, 1.807) is 0 Å². The Labute approximate surface area is 186 Å². The monoisotopic (exact) mass is 501 g/mol. The minimum absolute atomic E-state index is 1.03. The lowest BCUT2D eigenvalue weighted by Gasteiger charge is -2.28. The Hall–Kier alpha value is -2.62. The zero-order valence-corrected chi connectivity index (χ0v) is 18.7. The molecular weight excluding hydrogens is 486 g/mol. The minimum Gasteiger partial charge on any atom is -0.309 e. The van der Waals surface area contributed by atoms with Crippen molar-refractivity contribution in [3.63, 3.8) is 0 Å². The van der Waals surface area contributed by atoms with E-state index in [1.807, 2.05) is 0 Å². The van der Waals surface area contributed by atoms with Crippen molar-refractivity contribution in [2.45, 2.75) is 0 Å². The molecule has 3 heteroatoms. The van der Waals surface area contributed by atoms with E-state index >= 15 is 0 Å². The molecule has 5 aromatic carbocycles. The van der Waals surface area contributed by atoms with Gasteiger partial charge in [-0.05, 0) is 41.1 Å². The van der Waals surface area contributed by atoms with Gasteiger partial charge in [-0.1, -0.05) is 105 Å². The molecule has 0 heterocycles. The second kappa shape index (κ2) is 7.66. The van der Waals surface area contributed by atoms with Crippen molar-refractivity contribution in [3.05, 3.63) is 112 Å². The molecule has 0 saturated heterocycles. The second-order valence-corrected chi connectivity index (χ2v) is 8.79. The summed E-state index contributed by atoms with van der Waals surface area (Å²) in [7, 11) is 0. The first-order valence-electron chi connectivity index (χ1n) is 9.42. The Morgan fingerprint density at radius 2 is 0.931 bits per heavy atom. The predicted octanol–water partition coefficient (Wildman–Crippen LogP) is 8.99. The van der Waals surface area contributed by atoms with Crippen molar-refractivity contribution in [2.75, 3.05) is 4.90 Å². The average Bonchev–Trinajstić information content (AvgIpc) is 2.74. The van der Waals surface area contributed by atoms with Crippen LogP contribution < -0.4 is 4.90 Å². The van der Waals surface area contributed by atoms with Gasteiger partial charge in [0.1, 0.15) is 0 Å². The molecule has 0 fully saturated rings.